The Morgan fingerprint density at radius 1 is 1.19 bits per heavy atom. The fourth-order valence-corrected chi connectivity index (χ4v) is 3.34. The number of aliphatic imine (C=N–C) groups is 1. The average Bonchev–Trinajstić information content (AvgIpc) is 2.64. The first-order valence-electron chi connectivity index (χ1n) is 8.87. The van der Waals surface area contributed by atoms with Gasteiger partial charge in [0.05, 0.1) is 21.3 Å². The van der Waals surface area contributed by atoms with E-state index in [1.807, 2.05) is 19.2 Å². The Morgan fingerprint density at radius 2 is 1.85 bits per heavy atom. The first-order valence-corrected chi connectivity index (χ1v) is 8.87. The number of nitrogens with one attached hydrogen (secondary N) is 1. The second kappa shape index (κ2) is 11.4. The predicted molar refractivity (Wildman–Crippen MR) is 117 cm³/mol. The van der Waals surface area contributed by atoms with Crippen LogP contribution in [0.5, 0.6) is 17.2 Å². The molecule has 1 saturated heterocycles. The summed E-state index contributed by atoms with van der Waals surface area (Å²) in [6.45, 7) is 5.19. The molecule has 148 valence electrons. The third-order valence-corrected chi connectivity index (χ3v) is 4.64. The molecule has 0 saturated carbocycles. The summed E-state index contributed by atoms with van der Waals surface area (Å²) in [6.07, 6.45) is 3.30. The molecule has 1 aromatic carbocycles. The van der Waals surface area contributed by atoms with Gasteiger partial charge in [0, 0.05) is 44.4 Å². The van der Waals surface area contributed by atoms with Crippen molar-refractivity contribution in [1.82, 2.24) is 10.2 Å². The number of nitrogens with zero attached hydrogens (tertiary/aromatic N) is 2. The van der Waals surface area contributed by atoms with Gasteiger partial charge in [0.2, 0.25) is 0 Å². The van der Waals surface area contributed by atoms with E-state index in [-0.39, 0.29) is 24.0 Å². The van der Waals surface area contributed by atoms with Crippen LogP contribution in [-0.2, 0) is 6.42 Å². The van der Waals surface area contributed by atoms with Crippen LogP contribution in [0.15, 0.2) is 17.1 Å². The molecule has 2 rings (SSSR count). The largest absolute Gasteiger partial charge is 0.496 e. The second-order valence-corrected chi connectivity index (χ2v) is 6.43. The van der Waals surface area contributed by atoms with Gasteiger partial charge in [-0.25, -0.2) is 0 Å². The van der Waals surface area contributed by atoms with E-state index < -0.39 is 0 Å². The molecule has 0 bridgehead atoms. The summed E-state index contributed by atoms with van der Waals surface area (Å²) in [6, 6.07) is 3.78. The lowest BCUT2D eigenvalue weighted by Crippen LogP contribution is -2.46. The molecule has 1 atom stereocenters. The highest BCUT2D eigenvalue weighted by atomic mass is 127. The molecule has 0 radical (unpaired) electrons. The van der Waals surface area contributed by atoms with Crippen LogP contribution in [0, 0.1) is 5.92 Å². The molecule has 1 heterocycles. The molecular formula is C19H32IN3O3. The minimum absolute atomic E-state index is 0. The number of ether oxygens (including phenoxy) is 3. The topological polar surface area (TPSA) is 55.3 Å². The molecule has 1 fully saturated rings. The van der Waals surface area contributed by atoms with E-state index in [1.165, 1.54) is 12.8 Å². The Bertz CT molecular complexity index is 570. The molecule has 1 aliphatic heterocycles. The molecule has 0 aromatic heterocycles. The van der Waals surface area contributed by atoms with E-state index in [0.29, 0.717) is 5.92 Å². The summed E-state index contributed by atoms with van der Waals surface area (Å²) in [5.74, 6) is 3.97. The first-order chi connectivity index (χ1) is 12.1. The SMILES string of the molecule is CN=C(NCCc1c(OC)cc(OC)cc1OC)N1CCCC(C)C1.I. The summed E-state index contributed by atoms with van der Waals surface area (Å²) >= 11 is 0. The molecule has 1 aliphatic rings. The normalized spacial score (nSPS) is 17.3. The van der Waals surface area contributed by atoms with Crippen molar-refractivity contribution in [2.24, 2.45) is 10.9 Å². The lowest BCUT2D eigenvalue weighted by atomic mass is 10.0. The standard InChI is InChI=1S/C19H31N3O3.HI/c1-14-7-6-10-22(13-14)19(20-2)21-9-8-16-17(24-4)11-15(23-3)12-18(16)25-5;/h11-12,14H,6-10,13H2,1-5H3,(H,20,21);1H. The third kappa shape index (κ3) is 5.82. The van der Waals surface area contributed by atoms with Crippen molar-refractivity contribution in [2.75, 3.05) is 48.0 Å². The van der Waals surface area contributed by atoms with Gasteiger partial charge in [-0.05, 0) is 25.2 Å². The lowest BCUT2D eigenvalue weighted by molar-refractivity contribution is 0.266. The smallest absolute Gasteiger partial charge is 0.193 e. The van der Waals surface area contributed by atoms with Gasteiger partial charge in [0.15, 0.2) is 5.96 Å². The van der Waals surface area contributed by atoms with E-state index in [2.05, 4.69) is 22.1 Å². The van der Waals surface area contributed by atoms with Gasteiger partial charge in [-0.15, -0.1) is 24.0 Å². The highest BCUT2D eigenvalue weighted by Crippen LogP contribution is 2.34. The van der Waals surface area contributed by atoms with Gasteiger partial charge >= 0.3 is 0 Å². The van der Waals surface area contributed by atoms with Gasteiger partial charge in [0.1, 0.15) is 17.2 Å². The first kappa shape index (κ1) is 22.7. The highest BCUT2D eigenvalue weighted by Gasteiger charge is 2.19. The average molecular weight is 477 g/mol. The zero-order valence-electron chi connectivity index (χ0n) is 16.5. The summed E-state index contributed by atoms with van der Waals surface area (Å²) in [5.41, 5.74) is 1.03. The highest BCUT2D eigenvalue weighted by molar-refractivity contribution is 14.0. The number of rotatable bonds is 6. The van der Waals surface area contributed by atoms with E-state index in [0.717, 1.165) is 54.8 Å². The molecule has 1 aromatic rings. The third-order valence-electron chi connectivity index (χ3n) is 4.64. The number of guanidine groups is 1. The number of hydrogen-bond donors (Lipinski definition) is 1. The van der Waals surface area contributed by atoms with Crippen LogP contribution in [0.2, 0.25) is 0 Å². The maximum Gasteiger partial charge on any atom is 0.193 e. The molecule has 0 amide bonds. The van der Waals surface area contributed by atoms with Gasteiger partial charge in [-0.3, -0.25) is 4.99 Å². The summed E-state index contributed by atoms with van der Waals surface area (Å²) in [5, 5.41) is 3.47. The minimum atomic E-state index is 0. The number of halogens is 1. The maximum absolute atomic E-state index is 5.52. The van der Waals surface area contributed by atoms with Crippen molar-refractivity contribution in [2.45, 2.75) is 26.2 Å². The Morgan fingerprint density at radius 3 is 2.35 bits per heavy atom. The van der Waals surface area contributed by atoms with E-state index in [4.69, 9.17) is 14.2 Å². The summed E-state index contributed by atoms with van der Waals surface area (Å²) < 4.78 is 16.3. The molecular weight excluding hydrogens is 445 g/mol. The van der Waals surface area contributed by atoms with E-state index in [9.17, 15) is 0 Å². The van der Waals surface area contributed by atoms with Crippen LogP contribution in [0.4, 0.5) is 0 Å². The maximum atomic E-state index is 5.52. The van der Waals surface area contributed by atoms with Crippen molar-refractivity contribution in [3.63, 3.8) is 0 Å². The van der Waals surface area contributed by atoms with Crippen LogP contribution >= 0.6 is 24.0 Å². The molecule has 6 nitrogen and oxygen atoms in total. The molecule has 0 spiro atoms. The van der Waals surface area contributed by atoms with E-state index in [1.54, 1.807) is 21.3 Å². The zero-order chi connectivity index (χ0) is 18.2. The van der Waals surface area contributed by atoms with Crippen LogP contribution in [0.1, 0.15) is 25.3 Å². The lowest BCUT2D eigenvalue weighted by Gasteiger charge is -2.33. The Balaban J connectivity index is 0.00000338. The fourth-order valence-electron chi connectivity index (χ4n) is 3.34. The monoisotopic (exact) mass is 477 g/mol. The van der Waals surface area contributed by atoms with Gasteiger partial charge in [-0.2, -0.15) is 0 Å². The fraction of sp³-hybridized carbons (Fsp3) is 0.632. The van der Waals surface area contributed by atoms with Crippen molar-refractivity contribution in [1.29, 1.82) is 0 Å². The minimum Gasteiger partial charge on any atom is -0.496 e. The number of likely N-dealkylation sites (tertiary alicyclic amines) is 1. The van der Waals surface area contributed by atoms with Crippen LogP contribution in [0.3, 0.4) is 0 Å². The van der Waals surface area contributed by atoms with Crippen LogP contribution in [0.25, 0.3) is 0 Å². The van der Waals surface area contributed by atoms with Crippen molar-refractivity contribution in [3.05, 3.63) is 17.7 Å². The zero-order valence-corrected chi connectivity index (χ0v) is 18.8. The molecule has 1 N–H and O–H groups in total. The van der Waals surface area contributed by atoms with Crippen molar-refractivity contribution in [3.8, 4) is 17.2 Å². The number of methoxy groups -OCH3 is 3. The Labute approximate surface area is 174 Å². The molecule has 7 heteroatoms. The number of piperidine rings is 1. The van der Waals surface area contributed by atoms with Crippen molar-refractivity contribution >= 4 is 29.9 Å². The summed E-state index contributed by atoms with van der Waals surface area (Å²) in [4.78, 5) is 6.78. The Hall–Kier alpha value is -1.38. The predicted octanol–water partition coefficient (Wildman–Crippen LogP) is 3.18. The molecule has 1 unspecified atom stereocenters. The molecule has 26 heavy (non-hydrogen) atoms. The second-order valence-electron chi connectivity index (χ2n) is 6.43. The van der Waals surface area contributed by atoms with E-state index >= 15 is 0 Å². The van der Waals surface area contributed by atoms with Crippen molar-refractivity contribution < 1.29 is 14.2 Å². The van der Waals surface area contributed by atoms with Crippen LogP contribution < -0.4 is 19.5 Å². The quantitative estimate of drug-likeness (QED) is 0.388. The number of benzene rings is 1. The van der Waals surface area contributed by atoms with Gasteiger partial charge in [0.25, 0.3) is 0 Å². The van der Waals surface area contributed by atoms with Gasteiger partial charge in [-0.1, -0.05) is 6.92 Å². The number of hydrogen-bond acceptors (Lipinski definition) is 4. The molecule has 0 aliphatic carbocycles. The Kier molecular flexibility index (Phi) is 9.90. The van der Waals surface area contributed by atoms with Crippen LogP contribution in [-0.4, -0.2) is 58.9 Å². The van der Waals surface area contributed by atoms with Gasteiger partial charge < -0.3 is 24.4 Å². The summed E-state index contributed by atoms with van der Waals surface area (Å²) in [7, 11) is 6.81.